The molecular formula is C12H21N3O2S2. The topological polar surface area (TPSA) is 64.1 Å². The zero-order valence-electron chi connectivity index (χ0n) is 12.0. The Labute approximate surface area is 122 Å². The summed E-state index contributed by atoms with van der Waals surface area (Å²) in [6.07, 6.45) is 0.829. The minimum atomic E-state index is -0.717. The molecule has 19 heavy (non-hydrogen) atoms. The van der Waals surface area contributed by atoms with Gasteiger partial charge in [-0.1, -0.05) is 18.7 Å². The molecule has 5 nitrogen and oxygen atoms in total. The van der Waals surface area contributed by atoms with Gasteiger partial charge in [-0.2, -0.15) is 4.37 Å². The summed E-state index contributed by atoms with van der Waals surface area (Å²) in [5.74, 6) is 1.16. The largest absolute Gasteiger partial charge is 0.468 e. The van der Waals surface area contributed by atoms with Crippen molar-refractivity contribution in [2.24, 2.45) is 0 Å². The molecule has 0 bridgehead atoms. The Morgan fingerprint density at radius 3 is 2.74 bits per heavy atom. The van der Waals surface area contributed by atoms with Gasteiger partial charge in [0.25, 0.3) is 0 Å². The number of carbonyl (C=O) groups is 1. The smallest absolute Gasteiger partial charge is 0.326 e. The summed E-state index contributed by atoms with van der Waals surface area (Å²) in [5, 5.41) is 3.26. The van der Waals surface area contributed by atoms with Gasteiger partial charge in [0.05, 0.1) is 7.11 Å². The minimum Gasteiger partial charge on any atom is -0.468 e. The second-order valence-electron chi connectivity index (χ2n) is 4.74. The highest BCUT2D eigenvalue weighted by molar-refractivity contribution is 8.01. The first-order chi connectivity index (χ1) is 8.91. The molecule has 1 atom stereocenters. The zero-order valence-corrected chi connectivity index (χ0v) is 13.7. The summed E-state index contributed by atoms with van der Waals surface area (Å²) >= 11 is 2.91. The molecule has 0 radical (unpaired) electrons. The van der Waals surface area contributed by atoms with Crippen LogP contribution >= 0.6 is 23.3 Å². The Morgan fingerprint density at radius 1 is 1.58 bits per heavy atom. The van der Waals surface area contributed by atoms with E-state index in [1.165, 1.54) is 30.4 Å². The molecule has 0 saturated carbocycles. The van der Waals surface area contributed by atoms with Crippen LogP contribution in [0.15, 0.2) is 4.34 Å². The maximum atomic E-state index is 11.9. The van der Waals surface area contributed by atoms with Gasteiger partial charge in [-0.25, -0.2) is 4.98 Å². The fourth-order valence-electron chi connectivity index (χ4n) is 1.67. The number of ether oxygens (including phenoxy) is 1. The number of aromatic nitrogens is 2. The molecule has 1 aromatic rings. The molecular weight excluding hydrogens is 282 g/mol. The van der Waals surface area contributed by atoms with E-state index >= 15 is 0 Å². The first-order valence-electron chi connectivity index (χ1n) is 6.22. The fraction of sp³-hybridized carbons (Fsp3) is 0.750. The number of nitrogens with zero attached hydrogens (tertiary/aromatic N) is 2. The first kappa shape index (κ1) is 16.4. The van der Waals surface area contributed by atoms with Gasteiger partial charge in [-0.15, -0.1) is 0 Å². The highest BCUT2D eigenvalue weighted by atomic mass is 32.2. The van der Waals surface area contributed by atoms with Crippen molar-refractivity contribution < 1.29 is 9.53 Å². The molecule has 1 unspecified atom stereocenters. The number of thioether (sulfide) groups is 1. The average molecular weight is 303 g/mol. The SMILES string of the molecule is CCc1nsc(SCC(C)(NC(C)C)C(=O)OC)n1. The lowest BCUT2D eigenvalue weighted by molar-refractivity contribution is -0.147. The van der Waals surface area contributed by atoms with Crippen LogP contribution in [-0.4, -0.2) is 39.8 Å². The molecule has 0 aromatic carbocycles. The van der Waals surface area contributed by atoms with Crippen molar-refractivity contribution in [3.8, 4) is 0 Å². The monoisotopic (exact) mass is 303 g/mol. The van der Waals surface area contributed by atoms with Gasteiger partial charge in [0.15, 0.2) is 4.34 Å². The normalized spacial score (nSPS) is 14.4. The van der Waals surface area contributed by atoms with Crippen LogP contribution in [0.3, 0.4) is 0 Å². The van der Waals surface area contributed by atoms with E-state index in [-0.39, 0.29) is 12.0 Å². The van der Waals surface area contributed by atoms with E-state index in [2.05, 4.69) is 14.7 Å². The number of nitrogens with one attached hydrogen (secondary N) is 1. The van der Waals surface area contributed by atoms with Crippen molar-refractivity contribution >= 4 is 29.3 Å². The molecule has 0 aliphatic heterocycles. The standard InChI is InChI=1S/C12H21N3O2S2/c1-6-9-13-11(19-15-9)18-7-12(4,10(16)17-5)14-8(2)3/h8,14H,6-7H2,1-5H3. The van der Waals surface area contributed by atoms with E-state index in [9.17, 15) is 4.79 Å². The highest BCUT2D eigenvalue weighted by Crippen LogP contribution is 2.25. The van der Waals surface area contributed by atoms with Gasteiger partial charge in [0, 0.05) is 18.2 Å². The molecule has 7 heteroatoms. The van der Waals surface area contributed by atoms with Gasteiger partial charge in [0.1, 0.15) is 11.4 Å². The molecule has 0 spiro atoms. The van der Waals surface area contributed by atoms with Gasteiger partial charge < -0.3 is 4.74 Å². The Morgan fingerprint density at radius 2 is 2.26 bits per heavy atom. The molecule has 0 amide bonds. The molecule has 108 valence electrons. The zero-order chi connectivity index (χ0) is 14.5. The molecule has 1 aromatic heterocycles. The highest BCUT2D eigenvalue weighted by Gasteiger charge is 2.35. The lowest BCUT2D eigenvalue weighted by Crippen LogP contribution is -2.54. The van der Waals surface area contributed by atoms with Gasteiger partial charge in [-0.3, -0.25) is 10.1 Å². The van der Waals surface area contributed by atoms with Crippen molar-refractivity contribution in [2.45, 2.75) is 50.0 Å². The number of carbonyl (C=O) groups excluding carboxylic acids is 1. The molecule has 1 heterocycles. The third-order valence-electron chi connectivity index (χ3n) is 2.49. The summed E-state index contributed by atoms with van der Waals surface area (Å²) in [5.41, 5.74) is -0.717. The van der Waals surface area contributed by atoms with Crippen LogP contribution in [0.1, 0.15) is 33.5 Å². The van der Waals surface area contributed by atoms with Crippen LogP contribution in [0.25, 0.3) is 0 Å². The number of hydrogen-bond acceptors (Lipinski definition) is 7. The van der Waals surface area contributed by atoms with Crippen LogP contribution in [0, 0.1) is 0 Å². The van der Waals surface area contributed by atoms with Crippen LogP contribution in [0.5, 0.6) is 0 Å². The van der Waals surface area contributed by atoms with Crippen molar-refractivity contribution in [3.05, 3.63) is 5.82 Å². The number of hydrogen-bond donors (Lipinski definition) is 1. The van der Waals surface area contributed by atoms with Gasteiger partial charge >= 0.3 is 5.97 Å². The van der Waals surface area contributed by atoms with Gasteiger partial charge in [0.2, 0.25) is 0 Å². The maximum absolute atomic E-state index is 11.9. The van der Waals surface area contributed by atoms with E-state index in [0.717, 1.165) is 16.6 Å². The molecule has 0 fully saturated rings. The van der Waals surface area contributed by atoms with Crippen LogP contribution < -0.4 is 5.32 Å². The minimum absolute atomic E-state index is 0.199. The summed E-state index contributed by atoms with van der Waals surface area (Å²) in [4.78, 5) is 16.3. The van der Waals surface area contributed by atoms with E-state index in [1.807, 2.05) is 27.7 Å². The molecule has 0 aliphatic rings. The lowest BCUT2D eigenvalue weighted by Gasteiger charge is -2.29. The summed E-state index contributed by atoms with van der Waals surface area (Å²) < 4.78 is 10.0. The Hall–Kier alpha value is -0.660. The van der Waals surface area contributed by atoms with Crippen molar-refractivity contribution in [1.82, 2.24) is 14.7 Å². The summed E-state index contributed by atoms with van der Waals surface area (Å²) in [7, 11) is 1.41. The Bertz CT molecular complexity index is 423. The first-order valence-corrected chi connectivity index (χ1v) is 7.98. The molecule has 1 rings (SSSR count). The van der Waals surface area contributed by atoms with Crippen molar-refractivity contribution in [1.29, 1.82) is 0 Å². The van der Waals surface area contributed by atoms with E-state index in [1.54, 1.807) is 0 Å². The van der Waals surface area contributed by atoms with Crippen LogP contribution in [0.4, 0.5) is 0 Å². The summed E-state index contributed by atoms with van der Waals surface area (Å²) in [6.45, 7) is 7.89. The third kappa shape index (κ3) is 4.74. The predicted molar refractivity (Wildman–Crippen MR) is 78.7 cm³/mol. The number of esters is 1. The van der Waals surface area contributed by atoms with E-state index < -0.39 is 5.54 Å². The van der Waals surface area contributed by atoms with E-state index in [4.69, 9.17) is 4.74 Å². The van der Waals surface area contributed by atoms with Gasteiger partial charge in [-0.05, 0) is 32.3 Å². The second-order valence-corrected chi connectivity index (χ2v) is 6.72. The quantitative estimate of drug-likeness (QED) is 0.615. The lowest BCUT2D eigenvalue weighted by atomic mass is 10.0. The maximum Gasteiger partial charge on any atom is 0.326 e. The van der Waals surface area contributed by atoms with Crippen molar-refractivity contribution in [3.63, 3.8) is 0 Å². The number of rotatable bonds is 7. The fourth-order valence-corrected chi connectivity index (χ4v) is 3.45. The number of methoxy groups -OCH3 is 1. The van der Waals surface area contributed by atoms with Crippen LogP contribution in [-0.2, 0) is 16.0 Å². The Kier molecular flexibility index (Phi) is 6.22. The van der Waals surface area contributed by atoms with E-state index in [0.29, 0.717) is 5.75 Å². The predicted octanol–water partition coefficient (Wildman–Crippen LogP) is 2.12. The number of aryl methyl sites for hydroxylation is 1. The van der Waals surface area contributed by atoms with Crippen molar-refractivity contribution in [2.75, 3.05) is 12.9 Å². The average Bonchev–Trinajstić information content (AvgIpc) is 2.82. The second kappa shape index (κ2) is 7.21. The summed E-state index contributed by atoms with van der Waals surface area (Å²) in [6, 6.07) is 0.199. The van der Waals surface area contributed by atoms with Crippen LogP contribution in [0.2, 0.25) is 0 Å². The molecule has 0 saturated heterocycles. The molecule has 0 aliphatic carbocycles. The third-order valence-corrected chi connectivity index (χ3v) is 4.68. The Balaban J connectivity index is 2.69. The molecule has 1 N–H and O–H groups in total.